The van der Waals surface area contributed by atoms with Gasteiger partial charge in [0.1, 0.15) is 5.75 Å². The number of hydrogen-bond donors (Lipinski definition) is 1. The van der Waals surface area contributed by atoms with Crippen molar-refractivity contribution in [3.05, 3.63) is 59.7 Å². The smallest absolute Gasteiger partial charge is 0.119 e. The maximum atomic E-state index is 5.36. The number of rotatable bonds is 3. The zero-order valence-corrected chi connectivity index (χ0v) is 12.7. The SMILES string of the molecule is COc1cccc(C(C)N2CCNCc3ccccc32)c1. The van der Waals surface area contributed by atoms with E-state index in [1.54, 1.807) is 7.11 Å². The fourth-order valence-corrected chi connectivity index (χ4v) is 2.97. The summed E-state index contributed by atoms with van der Waals surface area (Å²) in [5.41, 5.74) is 3.98. The second kappa shape index (κ2) is 6.19. The lowest BCUT2D eigenvalue weighted by Crippen LogP contribution is -2.31. The molecular formula is C18H22N2O. The summed E-state index contributed by atoms with van der Waals surface area (Å²) in [6, 6.07) is 17.3. The Labute approximate surface area is 126 Å². The molecule has 3 heteroatoms. The molecule has 1 N–H and O–H groups in total. The number of ether oxygens (including phenoxy) is 1. The van der Waals surface area contributed by atoms with E-state index >= 15 is 0 Å². The predicted octanol–water partition coefficient (Wildman–Crippen LogP) is 3.37. The maximum absolute atomic E-state index is 5.36. The summed E-state index contributed by atoms with van der Waals surface area (Å²) < 4.78 is 5.36. The second-order valence-electron chi connectivity index (χ2n) is 5.45. The Bertz CT molecular complexity index is 612. The van der Waals surface area contributed by atoms with Gasteiger partial charge in [-0.05, 0) is 36.2 Å². The van der Waals surface area contributed by atoms with Crippen LogP contribution in [0.3, 0.4) is 0 Å². The second-order valence-corrected chi connectivity index (χ2v) is 5.45. The molecule has 3 nitrogen and oxygen atoms in total. The molecule has 1 aliphatic heterocycles. The van der Waals surface area contributed by atoms with Crippen molar-refractivity contribution in [2.24, 2.45) is 0 Å². The number of hydrogen-bond acceptors (Lipinski definition) is 3. The third-order valence-electron chi connectivity index (χ3n) is 4.19. The number of nitrogens with zero attached hydrogens (tertiary/aromatic N) is 1. The average molecular weight is 282 g/mol. The van der Waals surface area contributed by atoms with Gasteiger partial charge in [-0.2, -0.15) is 0 Å². The van der Waals surface area contributed by atoms with Gasteiger partial charge >= 0.3 is 0 Å². The molecule has 1 atom stereocenters. The first-order chi connectivity index (χ1) is 10.3. The molecule has 110 valence electrons. The molecule has 21 heavy (non-hydrogen) atoms. The van der Waals surface area contributed by atoms with Crippen molar-refractivity contribution in [2.45, 2.75) is 19.5 Å². The molecular weight excluding hydrogens is 260 g/mol. The molecule has 1 aliphatic rings. The minimum Gasteiger partial charge on any atom is -0.497 e. The van der Waals surface area contributed by atoms with Gasteiger partial charge in [0, 0.05) is 25.3 Å². The first-order valence-corrected chi connectivity index (χ1v) is 7.49. The highest BCUT2D eigenvalue weighted by Crippen LogP contribution is 2.31. The van der Waals surface area contributed by atoms with E-state index in [1.165, 1.54) is 16.8 Å². The first-order valence-electron chi connectivity index (χ1n) is 7.49. The molecule has 0 aliphatic carbocycles. The standard InChI is InChI=1S/C18H22N2O/c1-14(15-7-5-8-17(12-15)21-2)20-11-10-19-13-16-6-3-4-9-18(16)20/h3-9,12,14,19H,10-11,13H2,1-2H3. The number of anilines is 1. The number of methoxy groups -OCH3 is 1. The van der Waals surface area contributed by atoms with Crippen LogP contribution in [-0.2, 0) is 6.54 Å². The summed E-state index contributed by atoms with van der Waals surface area (Å²) in [6.07, 6.45) is 0. The number of nitrogens with one attached hydrogen (secondary N) is 1. The van der Waals surface area contributed by atoms with Crippen LogP contribution in [0.25, 0.3) is 0 Å². The summed E-state index contributed by atoms with van der Waals surface area (Å²) in [5.74, 6) is 0.917. The van der Waals surface area contributed by atoms with E-state index in [0.717, 1.165) is 25.4 Å². The summed E-state index contributed by atoms with van der Waals surface area (Å²) in [6.45, 7) is 5.22. The Kier molecular flexibility index (Phi) is 4.11. The Hall–Kier alpha value is -2.00. The minimum atomic E-state index is 0.321. The Morgan fingerprint density at radius 1 is 1.14 bits per heavy atom. The van der Waals surface area contributed by atoms with E-state index in [1.807, 2.05) is 6.07 Å². The first kappa shape index (κ1) is 14.0. The fraction of sp³-hybridized carbons (Fsp3) is 0.333. The Morgan fingerprint density at radius 3 is 2.86 bits per heavy atom. The maximum Gasteiger partial charge on any atom is 0.119 e. The lowest BCUT2D eigenvalue weighted by molar-refractivity contribution is 0.414. The third-order valence-corrected chi connectivity index (χ3v) is 4.19. The number of fused-ring (bicyclic) bond motifs is 1. The molecule has 0 radical (unpaired) electrons. The average Bonchev–Trinajstić information content (AvgIpc) is 2.76. The van der Waals surface area contributed by atoms with E-state index < -0.39 is 0 Å². The van der Waals surface area contributed by atoms with Gasteiger partial charge in [-0.1, -0.05) is 30.3 Å². The van der Waals surface area contributed by atoms with Gasteiger partial charge in [0.05, 0.1) is 13.2 Å². The zero-order chi connectivity index (χ0) is 14.7. The van der Waals surface area contributed by atoms with Crippen molar-refractivity contribution in [1.29, 1.82) is 0 Å². The van der Waals surface area contributed by atoms with Gasteiger partial charge in [0.25, 0.3) is 0 Å². The van der Waals surface area contributed by atoms with Gasteiger partial charge in [0.2, 0.25) is 0 Å². The van der Waals surface area contributed by atoms with Crippen LogP contribution in [0.4, 0.5) is 5.69 Å². The molecule has 3 rings (SSSR count). The van der Waals surface area contributed by atoms with Crippen LogP contribution in [0.15, 0.2) is 48.5 Å². The van der Waals surface area contributed by atoms with E-state index in [4.69, 9.17) is 4.74 Å². The molecule has 0 fully saturated rings. The van der Waals surface area contributed by atoms with E-state index in [-0.39, 0.29) is 0 Å². The lowest BCUT2D eigenvalue weighted by atomic mass is 10.0. The molecule has 1 unspecified atom stereocenters. The van der Waals surface area contributed by atoms with Crippen molar-refractivity contribution < 1.29 is 4.74 Å². The normalized spacial score (nSPS) is 16.0. The molecule has 0 bridgehead atoms. The molecule has 0 spiro atoms. The Morgan fingerprint density at radius 2 is 2.00 bits per heavy atom. The van der Waals surface area contributed by atoms with Gasteiger partial charge < -0.3 is 15.0 Å². The third kappa shape index (κ3) is 2.88. The van der Waals surface area contributed by atoms with E-state index in [0.29, 0.717) is 6.04 Å². The molecule has 0 saturated heterocycles. The number of benzene rings is 2. The molecule has 0 amide bonds. The van der Waals surface area contributed by atoms with Crippen LogP contribution in [0.1, 0.15) is 24.1 Å². The highest BCUT2D eigenvalue weighted by atomic mass is 16.5. The van der Waals surface area contributed by atoms with E-state index in [9.17, 15) is 0 Å². The van der Waals surface area contributed by atoms with Crippen molar-refractivity contribution in [2.75, 3.05) is 25.1 Å². The predicted molar refractivity (Wildman–Crippen MR) is 86.9 cm³/mol. The summed E-state index contributed by atoms with van der Waals surface area (Å²) in [7, 11) is 1.72. The molecule has 0 aromatic heterocycles. The van der Waals surface area contributed by atoms with Crippen LogP contribution in [-0.4, -0.2) is 20.2 Å². The van der Waals surface area contributed by atoms with Crippen LogP contribution >= 0.6 is 0 Å². The van der Waals surface area contributed by atoms with Gasteiger partial charge in [-0.15, -0.1) is 0 Å². The molecule has 0 saturated carbocycles. The van der Waals surface area contributed by atoms with Gasteiger partial charge in [-0.3, -0.25) is 0 Å². The van der Waals surface area contributed by atoms with Crippen molar-refractivity contribution >= 4 is 5.69 Å². The van der Waals surface area contributed by atoms with Crippen LogP contribution < -0.4 is 15.0 Å². The fourth-order valence-electron chi connectivity index (χ4n) is 2.97. The van der Waals surface area contributed by atoms with Crippen LogP contribution in [0.5, 0.6) is 5.75 Å². The molecule has 1 heterocycles. The van der Waals surface area contributed by atoms with Crippen molar-refractivity contribution in [1.82, 2.24) is 5.32 Å². The van der Waals surface area contributed by atoms with Crippen molar-refractivity contribution in [3.63, 3.8) is 0 Å². The minimum absolute atomic E-state index is 0.321. The highest BCUT2D eigenvalue weighted by Gasteiger charge is 2.20. The van der Waals surface area contributed by atoms with Gasteiger partial charge in [0.15, 0.2) is 0 Å². The topological polar surface area (TPSA) is 24.5 Å². The van der Waals surface area contributed by atoms with E-state index in [2.05, 4.69) is 59.6 Å². The summed E-state index contributed by atoms with van der Waals surface area (Å²) in [4.78, 5) is 2.48. The van der Waals surface area contributed by atoms with Crippen LogP contribution in [0, 0.1) is 0 Å². The largest absolute Gasteiger partial charge is 0.497 e. The van der Waals surface area contributed by atoms with Crippen molar-refractivity contribution in [3.8, 4) is 5.75 Å². The molecule has 2 aromatic carbocycles. The monoisotopic (exact) mass is 282 g/mol. The molecule has 2 aromatic rings. The summed E-state index contributed by atoms with van der Waals surface area (Å²) in [5, 5.41) is 3.50. The Balaban J connectivity index is 1.95. The van der Waals surface area contributed by atoms with Crippen LogP contribution in [0.2, 0.25) is 0 Å². The summed E-state index contributed by atoms with van der Waals surface area (Å²) >= 11 is 0. The highest BCUT2D eigenvalue weighted by molar-refractivity contribution is 5.56. The lowest BCUT2D eigenvalue weighted by Gasteiger charge is -2.31. The quantitative estimate of drug-likeness (QED) is 0.934. The van der Waals surface area contributed by atoms with Gasteiger partial charge in [-0.25, -0.2) is 0 Å². The number of para-hydroxylation sites is 1. The zero-order valence-electron chi connectivity index (χ0n) is 12.7.